The van der Waals surface area contributed by atoms with Crippen molar-refractivity contribution >= 4 is 5.97 Å². The number of hydrogen-bond acceptors (Lipinski definition) is 7. The standard InChI is InChI=1S/C15H22N2O7/c1-3-4-12(18)11(17(20)21)9-15(23-7-8-24-15)13-6-5-10(16-13)14(19)22-2/h5-6,11-12,16,18H,3-4,7-9H2,1-2H3. The highest BCUT2D eigenvalue weighted by Crippen LogP contribution is 2.37. The Labute approximate surface area is 139 Å². The van der Waals surface area contributed by atoms with Gasteiger partial charge in [0, 0.05) is 4.92 Å². The number of esters is 1. The number of aliphatic hydroxyl groups excluding tert-OH is 1. The van der Waals surface area contributed by atoms with E-state index in [-0.39, 0.29) is 25.3 Å². The zero-order valence-corrected chi connectivity index (χ0v) is 13.7. The summed E-state index contributed by atoms with van der Waals surface area (Å²) >= 11 is 0. The predicted octanol–water partition coefficient (Wildman–Crippen LogP) is 1.20. The maximum Gasteiger partial charge on any atom is 0.354 e. The van der Waals surface area contributed by atoms with Crippen LogP contribution >= 0.6 is 0 Å². The van der Waals surface area contributed by atoms with Gasteiger partial charge in [0.05, 0.1) is 32.4 Å². The molecule has 2 heterocycles. The molecule has 1 aromatic heterocycles. The van der Waals surface area contributed by atoms with Gasteiger partial charge < -0.3 is 24.3 Å². The molecule has 2 unspecified atom stereocenters. The van der Waals surface area contributed by atoms with Crippen LogP contribution in [0.5, 0.6) is 0 Å². The van der Waals surface area contributed by atoms with Gasteiger partial charge in [-0.2, -0.15) is 0 Å². The summed E-state index contributed by atoms with van der Waals surface area (Å²) in [5.74, 6) is -1.95. The van der Waals surface area contributed by atoms with Crippen molar-refractivity contribution in [3.63, 3.8) is 0 Å². The number of methoxy groups -OCH3 is 1. The molecule has 0 amide bonds. The van der Waals surface area contributed by atoms with Crippen LogP contribution in [0.3, 0.4) is 0 Å². The second-order valence-electron chi connectivity index (χ2n) is 5.64. The lowest BCUT2D eigenvalue weighted by Gasteiger charge is -2.29. The molecule has 1 aliphatic heterocycles. The summed E-state index contributed by atoms with van der Waals surface area (Å²) in [6.07, 6.45) is -0.345. The maximum absolute atomic E-state index is 11.6. The molecule has 2 atom stereocenters. The molecule has 0 aliphatic carbocycles. The van der Waals surface area contributed by atoms with Crippen LogP contribution in [0.2, 0.25) is 0 Å². The Hall–Kier alpha value is -1.97. The first-order valence-corrected chi connectivity index (χ1v) is 7.80. The summed E-state index contributed by atoms with van der Waals surface area (Å²) in [5.41, 5.74) is 0.577. The van der Waals surface area contributed by atoms with Crippen LogP contribution in [-0.2, 0) is 20.0 Å². The van der Waals surface area contributed by atoms with Crippen molar-refractivity contribution < 1.29 is 29.0 Å². The van der Waals surface area contributed by atoms with Crippen molar-refractivity contribution in [2.75, 3.05) is 20.3 Å². The fourth-order valence-corrected chi connectivity index (χ4v) is 2.80. The zero-order chi connectivity index (χ0) is 17.7. The van der Waals surface area contributed by atoms with Crippen LogP contribution in [0.4, 0.5) is 0 Å². The molecule has 9 heteroatoms. The van der Waals surface area contributed by atoms with Crippen molar-refractivity contribution in [3.8, 4) is 0 Å². The summed E-state index contributed by atoms with van der Waals surface area (Å²) in [7, 11) is 1.26. The number of aromatic nitrogens is 1. The normalized spacial score (nSPS) is 19.0. The first-order chi connectivity index (χ1) is 11.4. The van der Waals surface area contributed by atoms with Gasteiger partial charge in [-0.1, -0.05) is 13.3 Å². The number of aromatic amines is 1. The van der Waals surface area contributed by atoms with E-state index >= 15 is 0 Å². The summed E-state index contributed by atoms with van der Waals surface area (Å²) in [6.45, 7) is 2.37. The average molecular weight is 342 g/mol. The summed E-state index contributed by atoms with van der Waals surface area (Å²) in [5, 5.41) is 21.5. The molecule has 2 N–H and O–H groups in total. The maximum atomic E-state index is 11.6. The van der Waals surface area contributed by atoms with E-state index < -0.39 is 28.8 Å². The van der Waals surface area contributed by atoms with E-state index in [1.807, 2.05) is 6.92 Å². The molecule has 2 rings (SSSR count). The minimum Gasteiger partial charge on any atom is -0.464 e. The average Bonchev–Trinajstić information content (AvgIpc) is 3.21. The lowest BCUT2D eigenvalue weighted by atomic mass is 9.96. The van der Waals surface area contributed by atoms with Gasteiger partial charge in [0.25, 0.3) is 0 Å². The van der Waals surface area contributed by atoms with E-state index in [2.05, 4.69) is 9.72 Å². The highest BCUT2D eigenvalue weighted by molar-refractivity contribution is 5.87. The van der Waals surface area contributed by atoms with Crippen molar-refractivity contribution in [1.29, 1.82) is 0 Å². The first-order valence-electron chi connectivity index (χ1n) is 7.80. The van der Waals surface area contributed by atoms with Crippen LogP contribution in [0.25, 0.3) is 0 Å². The van der Waals surface area contributed by atoms with Gasteiger partial charge >= 0.3 is 5.97 Å². The van der Waals surface area contributed by atoms with E-state index in [1.165, 1.54) is 13.2 Å². The number of H-pyrrole nitrogens is 1. The van der Waals surface area contributed by atoms with Crippen LogP contribution in [-0.4, -0.2) is 53.5 Å². The number of carbonyl (C=O) groups excluding carboxylic acids is 1. The Morgan fingerprint density at radius 1 is 1.50 bits per heavy atom. The molecule has 0 aromatic carbocycles. The van der Waals surface area contributed by atoms with Crippen LogP contribution in [0, 0.1) is 10.1 Å². The molecule has 134 valence electrons. The van der Waals surface area contributed by atoms with Gasteiger partial charge in [0.1, 0.15) is 11.8 Å². The van der Waals surface area contributed by atoms with Gasteiger partial charge in [-0.05, 0) is 18.6 Å². The van der Waals surface area contributed by atoms with Gasteiger partial charge in [-0.3, -0.25) is 10.1 Å². The fraction of sp³-hybridized carbons (Fsp3) is 0.667. The molecule has 0 saturated carbocycles. The number of aliphatic hydroxyl groups is 1. The number of nitro groups is 1. The Kier molecular flexibility index (Phi) is 5.92. The number of rotatable bonds is 8. The molecule has 1 aliphatic rings. The van der Waals surface area contributed by atoms with Gasteiger partial charge in [0.15, 0.2) is 0 Å². The van der Waals surface area contributed by atoms with Crippen LogP contribution < -0.4 is 0 Å². The van der Waals surface area contributed by atoms with Crippen molar-refractivity contribution in [2.45, 2.75) is 44.1 Å². The first kappa shape index (κ1) is 18.4. The Morgan fingerprint density at radius 3 is 2.71 bits per heavy atom. The van der Waals surface area contributed by atoms with Crippen molar-refractivity contribution in [1.82, 2.24) is 4.98 Å². The summed E-state index contributed by atoms with van der Waals surface area (Å²) in [6, 6.07) is 1.83. The number of hydrogen-bond donors (Lipinski definition) is 2. The van der Waals surface area contributed by atoms with Gasteiger partial charge in [-0.15, -0.1) is 0 Å². The molecule has 1 fully saturated rings. The van der Waals surface area contributed by atoms with Crippen LogP contribution in [0.1, 0.15) is 42.4 Å². The minimum atomic E-state index is -1.39. The Bertz CT molecular complexity index is 580. The number of carbonyl (C=O) groups is 1. The second kappa shape index (κ2) is 7.73. The van der Waals surface area contributed by atoms with E-state index in [4.69, 9.17) is 9.47 Å². The molecule has 24 heavy (non-hydrogen) atoms. The molecule has 0 spiro atoms. The van der Waals surface area contributed by atoms with E-state index in [9.17, 15) is 20.0 Å². The van der Waals surface area contributed by atoms with E-state index in [0.717, 1.165) is 0 Å². The lowest BCUT2D eigenvalue weighted by Crippen LogP contribution is -2.42. The SMILES string of the molecule is CCCC(O)C(CC1(c2ccc(C(=O)OC)[nH]2)OCCO1)[N+](=O)[O-]. The molecule has 0 radical (unpaired) electrons. The number of nitrogens with one attached hydrogen (secondary N) is 1. The highest BCUT2D eigenvalue weighted by Gasteiger charge is 2.47. The highest BCUT2D eigenvalue weighted by atomic mass is 16.7. The third-order valence-electron chi connectivity index (χ3n) is 4.03. The summed E-state index contributed by atoms with van der Waals surface area (Å²) < 4.78 is 15.9. The predicted molar refractivity (Wildman–Crippen MR) is 82.0 cm³/mol. The zero-order valence-electron chi connectivity index (χ0n) is 13.7. The molecular formula is C15H22N2O7. The number of nitrogens with zero attached hydrogens (tertiary/aromatic N) is 1. The minimum absolute atomic E-state index is 0.164. The monoisotopic (exact) mass is 342 g/mol. The Balaban J connectivity index is 2.28. The van der Waals surface area contributed by atoms with Gasteiger partial charge in [0.2, 0.25) is 11.8 Å². The number of ether oxygens (including phenoxy) is 3. The van der Waals surface area contributed by atoms with Gasteiger partial charge in [-0.25, -0.2) is 4.79 Å². The molecule has 1 saturated heterocycles. The smallest absolute Gasteiger partial charge is 0.354 e. The van der Waals surface area contributed by atoms with E-state index in [1.54, 1.807) is 6.07 Å². The second-order valence-corrected chi connectivity index (χ2v) is 5.64. The third kappa shape index (κ3) is 3.74. The molecular weight excluding hydrogens is 320 g/mol. The third-order valence-corrected chi connectivity index (χ3v) is 4.03. The quantitative estimate of drug-likeness (QED) is 0.413. The largest absolute Gasteiger partial charge is 0.464 e. The van der Waals surface area contributed by atoms with E-state index in [0.29, 0.717) is 18.5 Å². The summed E-state index contributed by atoms with van der Waals surface area (Å²) in [4.78, 5) is 25.3. The molecule has 1 aromatic rings. The lowest BCUT2D eigenvalue weighted by molar-refractivity contribution is -0.542. The molecule has 0 bridgehead atoms. The van der Waals surface area contributed by atoms with Crippen LogP contribution in [0.15, 0.2) is 12.1 Å². The fourth-order valence-electron chi connectivity index (χ4n) is 2.80. The Morgan fingerprint density at radius 2 is 2.17 bits per heavy atom. The topological polar surface area (TPSA) is 124 Å². The molecule has 9 nitrogen and oxygen atoms in total. The van der Waals surface area contributed by atoms with Crippen molar-refractivity contribution in [3.05, 3.63) is 33.6 Å². The van der Waals surface area contributed by atoms with Crippen molar-refractivity contribution in [2.24, 2.45) is 0 Å².